The van der Waals surface area contributed by atoms with Gasteiger partial charge >= 0.3 is 5.97 Å². The summed E-state index contributed by atoms with van der Waals surface area (Å²) >= 11 is 1.05. The van der Waals surface area contributed by atoms with Crippen LogP contribution in [-0.2, 0) is 14.8 Å². The molecule has 0 aliphatic heterocycles. The standard InChI is InChI=1S/C23H17NO6S2/c25-20-13-16(24-32(28,29)22-9-4-12-31-22)10-11-19(20)23(27)30-14-21(26)18-8-3-6-15-5-1-2-7-17(15)18/h1-13,24-25H,14H2. The minimum Gasteiger partial charge on any atom is -0.507 e. The topological polar surface area (TPSA) is 110 Å². The van der Waals surface area contributed by atoms with E-state index in [1.54, 1.807) is 23.6 Å². The van der Waals surface area contributed by atoms with Crippen LogP contribution in [0.1, 0.15) is 20.7 Å². The van der Waals surface area contributed by atoms with Gasteiger partial charge in [0.05, 0.1) is 5.69 Å². The van der Waals surface area contributed by atoms with E-state index in [0.717, 1.165) is 28.2 Å². The summed E-state index contributed by atoms with van der Waals surface area (Å²) in [6.45, 7) is -0.501. The number of phenols is 1. The normalized spacial score (nSPS) is 11.2. The third-order valence-corrected chi connectivity index (χ3v) is 7.43. The average molecular weight is 468 g/mol. The molecule has 1 heterocycles. The van der Waals surface area contributed by atoms with Crippen molar-refractivity contribution in [3.05, 3.63) is 89.3 Å². The van der Waals surface area contributed by atoms with Crippen LogP contribution < -0.4 is 4.72 Å². The zero-order valence-electron chi connectivity index (χ0n) is 16.5. The first-order valence-corrected chi connectivity index (χ1v) is 11.8. The quantitative estimate of drug-likeness (QED) is 0.307. The lowest BCUT2D eigenvalue weighted by Crippen LogP contribution is -2.15. The second kappa shape index (κ2) is 8.81. The first-order chi connectivity index (χ1) is 15.3. The number of thiophene rings is 1. The molecular weight excluding hydrogens is 450 g/mol. The first-order valence-electron chi connectivity index (χ1n) is 9.42. The van der Waals surface area contributed by atoms with Gasteiger partial charge in [0.2, 0.25) is 5.78 Å². The van der Waals surface area contributed by atoms with Crippen LogP contribution in [0.2, 0.25) is 0 Å². The summed E-state index contributed by atoms with van der Waals surface area (Å²) in [6.07, 6.45) is 0. The van der Waals surface area contributed by atoms with Crippen LogP contribution in [0.3, 0.4) is 0 Å². The molecule has 4 aromatic rings. The number of anilines is 1. The Balaban J connectivity index is 1.45. The molecule has 4 rings (SSSR count). The number of fused-ring (bicyclic) bond motifs is 1. The number of phenolic OH excluding ortho intramolecular Hbond substituents is 1. The molecule has 0 spiro atoms. The van der Waals surface area contributed by atoms with Crippen LogP contribution >= 0.6 is 11.3 Å². The van der Waals surface area contributed by atoms with Gasteiger partial charge in [-0.05, 0) is 34.4 Å². The second-order valence-corrected chi connectivity index (χ2v) is 9.65. The molecule has 0 saturated carbocycles. The molecule has 0 bridgehead atoms. The van der Waals surface area contributed by atoms with Gasteiger partial charge in [0.1, 0.15) is 15.5 Å². The maximum absolute atomic E-state index is 12.6. The number of hydrogen-bond acceptors (Lipinski definition) is 7. The van der Waals surface area contributed by atoms with Crippen LogP contribution in [0, 0.1) is 0 Å². The van der Waals surface area contributed by atoms with Gasteiger partial charge in [-0.3, -0.25) is 9.52 Å². The van der Waals surface area contributed by atoms with E-state index in [1.807, 2.05) is 30.3 Å². The fourth-order valence-electron chi connectivity index (χ4n) is 3.14. The minimum atomic E-state index is -3.79. The molecule has 162 valence electrons. The van der Waals surface area contributed by atoms with Gasteiger partial charge in [-0.25, -0.2) is 13.2 Å². The molecular formula is C23H17NO6S2. The number of sulfonamides is 1. The van der Waals surface area contributed by atoms with Gasteiger partial charge in [0.25, 0.3) is 10.0 Å². The molecule has 0 saturated heterocycles. The zero-order chi connectivity index (χ0) is 22.7. The van der Waals surface area contributed by atoms with Gasteiger partial charge in [0.15, 0.2) is 6.61 Å². The number of esters is 1. The predicted octanol–water partition coefficient (Wildman–Crippen LogP) is 4.45. The van der Waals surface area contributed by atoms with E-state index in [2.05, 4.69) is 4.72 Å². The summed E-state index contributed by atoms with van der Waals surface area (Å²) in [5.41, 5.74) is 0.326. The largest absolute Gasteiger partial charge is 0.507 e. The smallest absolute Gasteiger partial charge is 0.342 e. The highest BCUT2D eigenvalue weighted by Gasteiger charge is 2.19. The number of ketones is 1. The summed E-state index contributed by atoms with van der Waals surface area (Å²) in [5.74, 6) is -1.75. The molecule has 0 aliphatic carbocycles. The summed E-state index contributed by atoms with van der Waals surface area (Å²) in [7, 11) is -3.79. The second-order valence-electron chi connectivity index (χ2n) is 6.80. The Bertz CT molecular complexity index is 1410. The van der Waals surface area contributed by atoms with Crippen molar-refractivity contribution >= 4 is 49.6 Å². The highest BCUT2D eigenvalue weighted by Crippen LogP contribution is 2.26. The van der Waals surface area contributed by atoms with Gasteiger partial charge in [0, 0.05) is 11.6 Å². The number of nitrogens with one attached hydrogen (secondary N) is 1. The van der Waals surface area contributed by atoms with Crippen molar-refractivity contribution in [2.75, 3.05) is 11.3 Å². The Kier molecular flexibility index (Phi) is 5.93. The third-order valence-electron chi connectivity index (χ3n) is 4.65. The molecule has 0 aliphatic rings. The zero-order valence-corrected chi connectivity index (χ0v) is 18.2. The van der Waals surface area contributed by atoms with Crippen molar-refractivity contribution in [1.29, 1.82) is 0 Å². The molecule has 3 aromatic carbocycles. The number of aromatic hydroxyl groups is 1. The molecule has 0 amide bonds. The highest BCUT2D eigenvalue weighted by molar-refractivity contribution is 7.94. The lowest BCUT2D eigenvalue weighted by Gasteiger charge is -2.10. The molecule has 9 heteroatoms. The predicted molar refractivity (Wildman–Crippen MR) is 122 cm³/mol. The molecule has 7 nitrogen and oxygen atoms in total. The SMILES string of the molecule is O=C(OCC(=O)c1cccc2ccccc12)c1ccc(NS(=O)(=O)c2cccs2)cc1O. The molecule has 2 N–H and O–H groups in total. The van der Waals surface area contributed by atoms with Gasteiger partial charge in [-0.1, -0.05) is 48.5 Å². The van der Waals surface area contributed by atoms with E-state index in [1.165, 1.54) is 18.2 Å². The van der Waals surface area contributed by atoms with E-state index >= 15 is 0 Å². The maximum atomic E-state index is 12.6. The maximum Gasteiger partial charge on any atom is 0.342 e. The lowest BCUT2D eigenvalue weighted by molar-refractivity contribution is 0.0472. The Morgan fingerprint density at radius 3 is 2.47 bits per heavy atom. The van der Waals surface area contributed by atoms with Crippen LogP contribution in [0.4, 0.5) is 5.69 Å². The summed E-state index contributed by atoms with van der Waals surface area (Å²) < 4.78 is 32.1. The number of rotatable bonds is 7. The minimum absolute atomic E-state index is 0.0827. The number of Topliss-reactive ketones (excluding diaryl/α,β-unsaturated/α-hetero) is 1. The van der Waals surface area contributed by atoms with Crippen LogP contribution in [0.15, 0.2) is 82.4 Å². The van der Waals surface area contributed by atoms with Gasteiger partial charge < -0.3 is 9.84 Å². The average Bonchev–Trinajstić information content (AvgIpc) is 3.33. The molecule has 0 unspecified atom stereocenters. The molecule has 0 fully saturated rings. The van der Waals surface area contributed by atoms with Crippen molar-refractivity contribution in [2.24, 2.45) is 0 Å². The summed E-state index contributed by atoms with van der Waals surface area (Å²) in [5, 5.41) is 13.5. The van der Waals surface area contributed by atoms with E-state index in [0.29, 0.717) is 5.56 Å². The monoisotopic (exact) mass is 467 g/mol. The Morgan fingerprint density at radius 1 is 0.938 bits per heavy atom. The molecule has 0 atom stereocenters. The first kappa shape index (κ1) is 21.5. The fraction of sp³-hybridized carbons (Fsp3) is 0.0435. The summed E-state index contributed by atoms with van der Waals surface area (Å²) in [4.78, 5) is 25.0. The molecule has 32 heavy (non-hydrogen) atoms. The Labute approximate surface area is 188 Å². The molecule has 0 radical (unpaired) electrons. The Hall–Kier alpha value is -3.69. The van der Waals surface area contributed by atoms with Gasteiger partial charge in [-0.2, -0.15) is 0 Å². The van der Waals surface area contributed by atoms with Crippen molar-refractivity contribution in [2.45, 2.75) is 4.21 Å². The van der Waals surface area contributed by atoms with Crippen LogP contribution in [0.25, 0.3) is 10.8 Å². The third kappa shape index (κ3) is 4.48. The summed E-state index contributed by atoms with van der Waals surface area (Å²) in [6, 6.07) is 19.4. The van der Waals surface area contributed by atoms with E-state index in [4.69, 9.17) is 4.74 Å². The Morgan fingerprint density at radius 2 is 1.72 bits per heavy atom. The van der Waals surface area contributed by atoms with Crippen molar-refractivity contribution in [3.8, 4) is 5.75 Å². The molecule has 1 aromatic heterocycles. The van der Waals surface area contributed by atoms with E-state index in [-0.39, 0.29) is 21.2 Å². The van der Waals surface area contributed by atoms with Crippen molar-refractivity contribution in [1.82, 2.24) is 0 Å². The van der Waals surface area contributed by atoms with Crippen LogP contribution in [-0.4, -0.2) is 31.9 Å². The van der Waals surface area contributed by atoms with Crippen molar-refractivity contribution < 1.29 is 27.9 Å². The lowest BCUT2D eigenvalue weighted by atomic mass is 10.0. The number of hydrogen-bond donors (Lipinski definition) is 2. The van der Waals surface area contributed by atoms with E-state index in [9.17, 15) is 23.1 Å². The van der Waals surface area contributed by atoms with Crippen LogP contribution in [0.5, 0.6) is 5.75 Å². The number of ether oxygens (including phenoxy) is 1. The van der Waals surface area contributed by atoms with Gasteiger partial charge in [-0.15, -0.1) is 11.3 Å². The fourth-order valence-corrected chi connectivity index (χ4v) is 5.19. The number of carbonyl (C=O) groups is 2. The number of carbonyl (C=O) groups excluding carboxylic acids is 2. The number of benzene rings is 3. The van der Waals surface area contributed by atoms with Crippen molar-refractivity contribution in [3.63, 3.8) is 0 Å². The van der Waals surface area contributed by atoms with E-state index < -0.39 is 28.3 Å². The highest BCUT2D eigenvalue weighted by atomic mass is 32.2.